The van der Waals surface area contributed by atoms with Crippen LogP contribution in [0.3, 0.4) is 0 Å². The van der Waals surface area contributed by atoms with E-state index in [1.54, 1.807) is 18.3 Å². The predicted molar refractivity (Wildman–Crippen MR) is 131 cm³/mol. The van der Waals surface area contributed by atoms with Gasteiger partial charge in [-0.15, -0.1) is 13.2 Å². The highest BCUT2D eigenvalue weighted by Gasteiger charge is 2.53. The van der Waals surface area contributed by atoms with Gasteiger partial charge < -0.3 is 20.5 Å². The van der Waals surface area contributed by atoms with Crippen LogP contribution in [0.5, 0.6) is 5.75 Å². The minimum Gasteiger partial charge on any atom is -0.465 e. The Bertz CT molecular complexity index is 1240. The Hall–Kier alpha value is -3.89. The molecule has 2 aromatic carbocycles. The van der Waals surface area contributed by atoms with Gasteiger partial charge in [0.05, 0.1) is 18.1 Å². The molecule has 0 bridgehead atoms. The normalized spacial score (nSPS) is 15.8. The van der Waals surface area contributed by atoms with Crippen LogP contribution in [0, 0.1) is 5.82 Å². The third-order valence-corrected chi connectivity index (χ3v) is 6.11. The van der Waals surface area contributed by atoms with Crippen LogP contribution in [-0.2, 0) is 14.9 Å². The van der Waals surface area contributed by atoms with Crippen molar-refractivity contribution in [2.75, 3.05) is 12.4 Å². The number of alkyl halides is 3. The van der Waals surface area contributed by atoms with E-state index in [0.717, 1.165) is 18.6 Å². The number of ether oxygens (including phenoxy) is 2. The van der Waals surface area contributed by atoms with Crippen LogP contribution in [0.25, 0.3) is 5.57 Å². The van der Waals surface area contributed by atoms with Gasteiger partial charge in [-0.3, -0.25) is 9.79 Å². The number of carbonyl (C=O) groups excluding carboxylic acids is 2. The standard InChI is InChI=1S/C26H27F4N3O4/c1-4-15(2)32-14-16(13-31)19-7-5-17(11-20(19)23(34)36-3)33-24(35)25(9-10-25)21-8-6-18(12-22(21)27)37-26(28,29)30/h5-8,11-15H,4,9-10,31H2,1-3H3,(H,33,35). The lowest BCUT2D eigenvalue weighted by atomic mass is 9.93. The highest BCUT2D eigenvalue weighted by atomic mass is 19.4. The monoisotopic (exact) mass is 521 g/mol. The number of nitrogens with one attached hydrogen (secondary N) is 1. The SMILES string of the molecule is CCC(C)N=CC(=CN)c1ccc(NC(=O)C2(c3ccc(OC(F)(F)F)cc3F)CC2)cc1C(=O)OC. The minimum absolute atomic E-state index is 0.0410. The summed E-state index contributed by atoms with van der Waals surface area (Å²) in [4.78, 5) is 30.0. The molecule has 0 aromatic heterocycles. The first-order chi connectivity index (χ1) is 17.4. The fourth-order valence-corrected chi connectivity index (χ4v) is 3.74. The summed E-state index contributed by atoms with van der Waals surface area (Å²) in [6, 6.07) is 7.25. The number of benzene rings is 2. The van der Waals surface area contributed by atoms with Crippen LogP contribution in [0.2, 0.25) is 0 Å². The van der Waals surface area contributed by atoms with Gasteiger partial charge in [0.2, 0.25) is 5.91 Å². The van der Waals surface area contributed by atoms with E-state index in [9.17, 15) is 27.2 Å². The minimum atomic E-state index is -4.97. The zero-order valence-electron chi connectivity index (χ0n) is 20.5. The number of methoxy groups -OCH3 is 1. The van der Waals surface area contributed by atoms with Crippen molar-refractivity contribution >= 4 is 29.4 Å². The number of anilines is 1. The Morgan fingerprint density at radius 3 is 2.43 bits per heavy atom. The second-order valence-electron chi connectivity index (χ2n) is 8.64. The van der Waals surface area contributed by atoms with E-state index in [1.165, 1.54) is 19.4 Å². The van der Waals surface area contributed by atoms with Crippen LogP contribution in [-0.4, -0.2) is 37.6 Å². The summed E-state index contributed by atoms with van der Waals surface area (Å²) >= 11 is 0. The molecule has 7 nitrogen and oxygen atoms in total. The van der Waals surface area contributed by atoms with E-state index in [4.69, 9.17) is 10.5 Å². The van der Waals surface area contributed by atoms with E-state index in [-0.39, 0.29) is 22.9 Å². The van der Waals surface area contributed by atoms with Crippen molar-refractivity contribution < 1.29 is 36.6 Å². The van der Waals surface area contributed by atoms with Gasteiger partial charge in [-0.1, -0.05) is 19.1 Å². The molecule has 0 heterocycles. The smallest absolute Gasteiger partial charge is 0.465 e. The molecule has 2 aromatic rings. The Labute approximate surface area is 211 Å². The molecule has 1 aliphatic carbocycles. The highest BCUT2D eigenvalue weighted by Crippen LogP contribution is 2.50. The molecule has 1 fully saturated rings. The molecule has 0 aliphatic heterocycles. The average Bonchev–Trinajstić information content (AvgIpc) is 3.65. The predicted octanol–water partition coefficient (Wildman–Crippen LogP) is 5.35. The van der Waals surface area contributed by atoms with Gasteiger partial charge in [0.15, 0.2) is 0 Å². The molecule has 1 saturated carbocycles. The second kappa shape index (κ2) is 11.0. The number of allylic oxidation sites excluding steroid dienone is 1. The number of rotatable bonds is 9. The van der Waals surface area contributed by atoms with Crippen LogP contribution in [0.4, 0.5) is 23.2 Å². The summed E-state index contributed by atoms with van der Waals surface area (Å²) in [5.74, 6) is -2.94. The molecular weight excluding hydrogens is 494 g/mol. The third-order valence-electron chi connectivity index (χ3n) is 6.11. The maximum Gasteiger partial charge on any atom is 0.573 e. The molecular formula is C26H27F4N3O4. The van der Waals surface area contributed by atoms with Crippen molar-refractivity contribution in [1.29, 1.82) is 0 Å². The number of hydrogen-bond acceptors (Lipinski definition) is 6. The summed E-state index contributed by atoms with van der Waals surface area (Å²) in [6.07, 6.45) is -0.705. The molecule has 1 unspecified atom stereocenters. The summed E-state index contributed by atoms with van der Waals surface area (Å²) in [6.45, 7) is 3.91. The lowest BCUT2D eigenvalue weighted by Gasteiger charge is -2.18. The van der Waals surface area contributed by atoms with Crippen LogP contribution in [0.15, 0.2) is 47.6 Å². The van der Waals surface area contributed by atoms with Crippen molar-refractivity contribution in [2.24, 2.45) is 10.7 Å². The topological polar surface area (TPSA) is 103 Å². The number of hydrogen-bond donors (Lipinski definition) is 2. The quantitative estimate of drug-likeness (QED) is 0.263. The van der Waals surface area contributed by atoms with Gasteiger partial charge in [0, 0.05) is 41.3 Å². The van der Waals surface area contributed by atoms with Crippen molar-refractivity contribution in [3.8, 4) is 5.75 Å². The Morgan fingerprint density at radius 2 is 1.89 bits per heavy atom. The zero-order valence-corrected chi connectivity index (χ0v) is 20.5. The first-order valence-corrected chi connectivity index (χ1v) is 11.5. The fraction of sp³-hybridized carbons (Fsp3) is 0.346. The van der Waals surface area contributed by atoms with E-state index < -0.39 is 35.2 Å². The van der Waals surface area contributed by atoms with Gasteiger partial charge in [0.25, 0.3) is 0 Å². The third kappa shape index (κ3) is 6.46. The number of esters is 1. The number of nitrogens with zero attached hydrogens (tertiary/aromatic N) is 1. The van der Waals surface area contributed by atoms with Crippen LogP contribution in [0.1, 0.15) is 54.6 Å². The molecule has 37 heavy (non-hydrogen) atoms. The van der Waals surface area contributed by atoms with Crippen LogP contribution < -0.4 is 15.8 Å². The maximum atomic E-state index is 14.7. The average molecular weight is 522 g/mol. The summed E-state index contributed by atoms with van der Waals surface area (Å²) in [5, 5.41) is 2.68. The Kier molecular flexibility index (Phi) is 8.25. The maximum absolute atomic E-state index is 14.7. The lowest BCUT2D eigenvalue weighted by Crippen LogP contribution is -2.29. The number of nitrogens with two attached hydrogens (primary N) is 1. The number of aliphatic imine (C=N–C) groups is 1. The van der Waals surface area contributed by atoms with E-state index in [1.807, 2.05) is 13.8 Å². The van der Waals surface area contributed by atoms with Crippen molar-refractivity contribution in [3.05, 3.63) is 65.1 Å². The molecule has 3 rings (SSSR count). The van der Waals surface area contributed by atoms with Crippen LogP contribution >= 0.6 is 0 Å². The van der Waals surface area contributed by atoms with Crippen molar-refractivity contribution in [3.63, 3.8) is 0 Å². The zero-order chi connectivity index (χ0) is 27.4. The molecule has 0 radical (unpaired) electrons. The van der Waals surface area contributed by atoms with Gasteiger partial charge >= 0.3 is 12.3 Å². The molecule has 0 spiro atoms. The largest absolute Gasteiger partial charge is 0.573 e. The highest BCUT2D eigenvalue weighted by molar-refractivity contribution is 6.14. The molecule has 1 aliphatic rings. The number of halogens is 4. The van der Waals surface area contributed by atoms with E-state index in [0.29, 0.717) is 30.0 Å². The van der Waals surface area contributed by atoms with E-state index in [2.05, 4.69) is 15.0 Å². The molecule has 11 heteroatoms. The van der Waals surface area contributed by atoms with Gasteiger partial charge in [-0.05, 0) is 49.9 Å². The Balaban J connectivity index is 1.88. The molecule has 0 saturated heterocycles. The molecule has 1 atom stereocenters. The molecule has 3 N–H and O–H groups in total. The van der Waals surface area contributed by atoms with Gasteiger partial charge in [-0.2, -0.15) is 0 Å². The first-order valence-electron chi connectivity index (χ1n) is 11.5. The number of carbonyl (C=O) groups is 2. The van der Waals surface area contributed by atoms with Gasteiger partial charge in [-0.25, -0.2) is 9.18 Å². The van der Waals surface area contributed by atoms with Crippen molar-refractivity contribution in [2.45, 2.75) is 50.9 Å². The Morgan fingerprint density at radius 1 is 1.19 bits per heavy atom. The second-order valence-corrected chi connectivity index (χ2v) is 8.64. The number of amides is 1. The molecule has 198 valence electrons. The van der Waals surface area contributed by atoms with E-state index >= 15 is 0 Å². The summed E-state index contributed by atoms with van der Waals surface area (Å²) in [7, 11) is 1.21. The van der Waals surface area contributed by atoms with Crippen molar-refractivity contribution in [1.82, 2.24) is 0 Å². The fourth-order valence-electron chi connectivity index (χ4n) is 3.74. The first kappa shape index (κ1) is 27.7. The molecule has 1 amide bonds. The summed E-state index contributed by atoms with van der Waals surface area (Å²) in [5.41, 5.74) is 5.75. The summed E-state index contributed by atoms with van der Waals surface area (Å²) < 4.78 is 60.6. The van der Waals surface area contributed by atoms with Gasteiger partial charge in [0.1, 0.15) is 11.6 Å². The lowest BCUT2D eigenvalue weighted by molar-refractivity contribution is -0.274.